The molecular formula is C10H20N2O4. The van der Waals surface area contributed by atoms with E-state index >= 15 is 0 Å². The van der Waals surface area contributed by atoms with Gasteiger partial charge in [0.1, 0.15) is 0 Å². The van der Waals surface area contributed by atoms with Crippen molar-refractivity contribution in [1.82, 2.24) is 5.32 Å². The summed E-state index contributed by atoms with van der Waals surface area (Å²) in [6.07, 6.45) is -0.438. The molecule has 6 heteroatoms. The van der Waals surface area contributed by atoms with Gasteiger partial charge in [0.05, 0.1) is 12.1 Å². The molecule has 0 rings (SSSR count). The number of aliphatic hydroxyl groups is 1. The molecule has 0 aromatic rings. The predicted molar refractivity (Wildman–Crippen MR) is 58.7 cm³/mol. The summed E-state index contributed by atoms with van der Waals surface area (Å²) in [4.78, 5) is 22.3. The van der Waals surface area contributed by atoms with Crippen molar-refractivity contribution in [2.24, 2.45) is 11.7 Å². The first kappa shape index (κ1) is 14.9. The summed E-state index contributed by atoms with van der Waals surface area (Å²) in [6, 6.07) is -2.08. The van der Waals surface area contributed by atoms with Crippen LogP contribution < -0.4 is 11.1 Å². The fourth-order valence-corrected chi connectivity index (χ4v) is 1.15. The smallest absolute Gasteiger partial charge is 0.328 e. The van der Waals surface area contributed by atoms with Crippen molar-refractivity contribution in [1.29, 1.82) is 0 Å². The van der Waals surface area contributed by atoms with Gasteiger partial charge in [-0.2, -0.15) is 0 Å². The average molecular weight is 232 g/mol. The summed E-state index contributed by atoms with van der Waals surface area (Å²) in [6.45, 7) is 5.00. The second-order valence-corrected chi connectivity index (χ2v) is 3.98. The van der Waals surface area contributed by atoms with Gasteiger partial charge in [-0.05, 0) is 12.8 Å². The lowest BCUT2D eigenvalue weighted by Gasteiger charge is -2.22. The maximum Gasteiger partial charge on any atom is 0.328 e. The SMILES string of the molecule is CCC(C)[C@H](N)C(=O)NC(C(=O)O)C(C)O. The summed E-state index contributed by atoms with van der Waals surface area (Å²) in [5, 5.41) is 20.1. The first-order valence-corrected chi connectivity index (χ1v) is 5.28. The van der Waals surface area contributed by atoms with Gasteiger partial charge >= 0.3 is 5.97 Å². The zero-order valence-corrected chi connectivity index (χ0v) is 9.80. The number of hydrogen-bond acceptors (Lipinski definition) is 4. The van der Waals surface area contributed by atoms with Crippen molar-refractivity contribution < 1.29 is 19.8 Å². The van der Waals surface area contributed by atoms with Gasteiger partial charge in [-0.3, -0.25) is 4.79 Å². The molecule has 4 atom stereocenters. The van der Waals surface area contributed by atoms with E-state index in [0.717, 1.165) is 6.42 Å². The van der Waals surface area contributed by atoms with Crippen LogP contribution in [0.3, 0.4) is 0 Å². The number of nitrogens with two attached hydrogens (primary N) is 1. The standard InChI is InChI=1S/C10H20N2O4/c1-4-5(2)7(11)9(14)12-8(6(3)13)10(15)16/h5-8,13H,4,11H2,1-3H3,(H,12,14)(H,15,16)/t5?,6?,7-,8?/m0/s1. The molecule has 6 nitrogen and oxygen atoms in total. The molecule has 0 aromatic heterocycles. The molecule has 0 fully saturated rings. The highest BCUT2D eigenvalue weighted by molar-refractivity contribution is 5.87. The van der Waals surface area contributed by atoms with Gasteiger partial charge in [-0.25, -0.2) is 4.79 Å². The van der Waals surface area contributed by atoms with E-state index < -0.39 is 30.1 Å². The van der Waals surface area contributed by atoms with Crippen molar-refractivity contribution in [3.63, 3.8) is 0 Å². The molecule has 3 unspecified atom stereocenters. The van der Waals surface area contributed by atoms with E-state index in [2.05, 4.69) is 5.32 Å². The van der Waals surface area contributed by atoms with Gasteiger partial charge in [-0.15, -0.1) is 0 Å². The molecule has 0 radical (unpaired) electrons. The van der Waals surface area contributed by atoms with Gasteiger partial charge in [0.2, 0.25) is 5.91 Å². The third kappa shape index (κ3) is 4.16. The van der Waals surface area contributed by atoms with Crippen molar-refractivity contribution in [2.45, 2.75) is 45.4 Å². The van der Waals surface area contributed by atoms with Crippen LogP contribution in [-0.2, 0) is 9.59 Å². The number of aliphatic carboxylic acids is 1. The van der Waals surface area contributed by atoms with E-state index in [0.29, 0.717) is 0 Å². The Hall–Kier alpha value is -1.14. The molecule has 0 spiro atoms. The Morgan fingerprint density at radius 3 is 2.19 bits per heavy atom. The lowest BCUT2D eigenvalue weighted by atomic mass is 9.99. The van der Waals surface area contributed by atoms with Crippen molar-refractivity contribution in [3.8, 4) is 0 Å². The molecule has 1 amide bonds. The zero-order chi connectivity index (χ0) is 12.9. The second kappa shape index (κ2) is 6.44. The summed E-state index contributed by atoms with van der Waals surface area (Å²) < 4.78 is 0. The minimum Gasteiger partial charge on any atom is -0.480 e. The molecule has 0 aromatic carbocycles. The molecule has 0 aliphatic heterocycles. The molecule has 94 valence electrons. The Morgan fingerprint density at radius 1 is 1.38 bits per heavy atom. The van der Waals surface area contributed by atoms with Gasteiger partial charge in [0.25, 0.3) is 0 Å². The Morgan fingerprint density at radius 2 is 1.88 bits per heavy atom. The van der Waals surface area contributed by atoms with Crippen LogP contribution in [-0.4, -0.2) is 40.3 Å². The molecule has 0 heterocycles. The van der Waals surface area contributed by atoms with Crippen LogP contribution in [0.5, 0.6) is 0 Å². The third-order valence-corrected chi connectivity index (χ3v) is 2.61. The number of amides is 1. The van der Waals surface area contributed by atoms with E-state index in [1.807, 2.05) is 13.8 Å². The van der Waals surface area contributed by atoms with Gasteiger partial charge in [-0.1, -0.05) is 20.3 Å². The van der Waals surface area contributed by atoms with Crippen molar-refractivity contribution >= 4 is 11.9 Å². The van der Waals surface area contributed by atoms with Crippen LogP contribution in [0.2, 0.25) is 0 Å². The minimum absolute atomic E-state index is 0.0385. The van der Waals surface area contributed by atoms with Gasteiger partial charge in [0, 0.05) is 0 Å². The largest absolute Gasteiger partial charge is 0.480 e. The number of rotatable bonds is 6. The minimum atomic E-state index is -1.32. The van der Waals surface area contributed by atoms with Crippen LogP contribution in [0.4, 0.5) is 0 Å². The number of carboxylic acids is 1. The molecule has 5 N–H and O–H groups in total. The fraction of sp³-hybridized carbons (Fsp3) is 0.800. The number of carboxylic acid groups (broad SMARTS) is 1. The van der Waals surface area contributed by atoms with E-state index in [1.165, 1.54) is 6.92 Å². The monoisotopic (exact) mass is 232 g/mol. The normalized spacial score (nSPS) is 18.3. The average Bonchev–Trinajstić information content (AvgIpc) is 2.22. The highest BCUT2D eigenvalue weighted by Gasteiger charge is 2.28. The number of carbonyl (C=O) groups is 2. The molecule has 0 aliphatic carbocycles. The van der Waals surface area contributed by atoms with Crippen molar-refractivity contribution in [2.75, 3.05) is 0 Å². The lowest BCUT2D eigenvalue weighted by molar-refractivity contribution is -0.145. The van der Waals surface area contributed by atoms with E-state index in [9.17, 15) is 14.7 Å². The molecule has 0 saturated carbocycles. The lowest BCUT2D eigenvalue weighted by Crippen LogP contribution is -2.54. The van der Waals surface area contributed by atoms with Crippen LogP contribution >= 0.6 is 0 Å². The maximum absolute atomic E-state index is 11.6. The third-order valence-electron chi connectivity index (χ3n) is 2.61. The summed E-state index contributed by atoms with van der Waals surface area (Å²) >= 11 is 0. The molecule has 16 heavy (non-hydrogen) atoms. The van der Waals surface area contributed by atoms with Crippen LogP contribution in [0.1, 0.15) is 27.2 Å². The zero-order valence-electron chi connectivity index (χ0n) is 9.80. The number of nitrogens with one attached hydrogen (secondary N) is 1. The highest BCUT2D eigenvalue weighted by atomic mass is 16.4. The van der Waals surface area contributed by atoms with E-state index in [-0.39, 0.29) is 5.92 Å². The van der Waals surface area contributed by atoms with Crippen LogP contribution in [0.25, 0.3) is 0 Å². The first-order chi connectivity index (χ1) is 7.31. The number of carbonyl (C=O) groups excluding carboxylic acids is 1. The highest BCUT2D eigenvalue weighted by Crippen LogP contribution is 2.06. The van der Waals surface area contributed by atoms with Crippen LogP contribution in [0, 0.1) is 5.92 Å². The molecule has 0 saturated heterocycles. The number of aliphatic hydroxyl groups excluding tert-OH is 1. The second-order valence-electron chi connectivity index (χ2n) is 3.98. The quantitative estimate of drug-likeness (QED) is 0.484. The number of hydrogen-bond donors (Lipinski definition) is 4. The maximum atomic E-state index is 11.6. The van der Waals surface area contributed by atoms with Crippen molar-refractivity contribution in [3.05, 3.63) is 0 Å². The first-order valence-electron chi connectivity index (χ1n) is 5.28. The Kier molecular flexibility index (Phi) is 5.98. The fourth-order valence-electron chi connectivity index (χ4n) is 1.15. The summed E-state index contributed by atoms with van der Waals surface area (Å²) in [5.41, 5.74) is 5.63. The summed E-state index contributed by atoms with van der Waals surface area (Å²) in [5.74, 6) is -1.87. The summed E-state index contributed by atoms with van der Waals surface area (Å²) in [7, 11) is 0. The van der Waals surface area contributed by atoms with Gasteiger partial charge < -0.3 is 21.3 Å². The Balaban J connectivity index is 4.46. The molecular weight excluding hydrogens is 212 g/mol. The molecule has 0 aliphatic rings. The Bertz CT molecular complexity index is 255. The van der Waals surface area contributed by atoms with Gasteiger partial charge in [0.15, 0.2) is 6.04 Å². The molecule has 0 bridgehead atoms. The topological polar surface area (TPSA) is 113 Å². The predicted octanol–water partition coefficient (Wildman–Crippen LogP) is -0.690. The Labute approximate surface area is 94.8 Å². The van der Waals surface area contributed by atoms with Crippen LogP contribution in [0.15, 0.2) is 0 Å². The van der Waals surface area contributed by atoms with E-state index in [1.54, 1.807) is 0 Å². The van der Waals surface area contributed by atoms with E-state index in [4.69, 9.17) is 10.8 Å².